The Hall–Kier alpha value is -3.42. The molecule has 0 bridgehead atoms. The molecule has 0 N–H and O–H groups in total. The van der Waals surface area contributed by atoms with Gasteiger partial charge in [-0.25, -0.2) is 18.0 Å². The third-order valence-corrected chi connectivity index (χ3v) is 4.26. The Bertz CT molecular complexity index is 1090. The predicted molar refractivity (Wildman–Crippen MR) is 100 cm³/mol. The molecule has 3 aromatic carbocycles. The van der Waals surface area contributed by atoms with E-state index in [1.54, 1.807) is 6.08 Å². The van der Waals surface area contributed by atoms with Gasteiger partial charge in [-0.1, -0.05) is 12.1 Å². The van der Waals surface area contributed by atoms with Crippen molar-refractivity contribution in [1.82, 2.24) is 0 Å². The number of halogens is 5. The van der Waals surface area contributed by atoms with E-state index in [-0.39, 0.29) is 16.5 Å². The van der Waals surface area contributed by atoms with Crippen LogP contribution in [0.1, 0.15) is 22.3 Å². The van der Waals surface area contributed by atoms with Gasteiger partial charge in [0.25, 0.3) is 0 Å². The number of aryl methyl sites for hydroxylation is 1. The summed E-state index contributed by atoms with van der Waals surface area (Å²) in [6.07, 6.45) is 2.48. The molecule has 3 rings (SSSR count). The molecule has 0 aliphatic carbocycles. The maximum atomic E-state index is 14.3. The highest BCUT2D eigenvalue weighted by atomic mass is 19.3. The lowest BCUT2D eigenvalue weighted by atomic mass is 10.1. The standard InChI is InChI=1S/C22H15F5O3/c1-2-3-4-12-9-16(23)19(17(24)10-12)21(28)29-14-6-7-15-13(11-14)5-8-18(20(15)25)30-22(26)27/h2,5-11,22H,1,3-4H2. The SMILES string of the molecule is C=CCCc1cc(F)c(C(=O)Oc2ccc3c(F)c(OC(F)F)ccc3c2)c(F)c1. The molecule has 0 unspecified atom stereocenters. The first-order valence-electron chi connectivity index (χ1n) is 8.78. The molecule has 0 aromatic heterocycles. The Kier molecular flexibility index (Phi) is 6.34. The molecule has 0 amide bonds. The number of benzene rings is 3. The van der Waals surface area contributed by atoms with Crippen molar-refractivity contribution in [2.45, 2.75) is 19.5 Å². The molecule has 3 nitrogen and oxygen atoms in total. The van der Waals surface area contributed by atoms with Gasteiger partial charge in [-0.3, -0.25) is 0 Å². The first-order chi connectivity index (χ1) is 14.3. The topological polar surface area (TPSA) is 35.5 Å². The predicted octanol–water partition coefficient (Wildman–Crippen LogP) is 6.20. The average molecular weight is 422 g/mol. The van der Waals surface area contributed by atoms with Gasteiger partial charge in [-0.2, -0.15) is 8.78 Å². The van der Waals surface area contributed by atoms with E-state index in [9.17, 15) is 26.7 Å². The lowest BCUT2D eigenvalue weighted by Gasteiger charge is -2.10. The summed E-state index contributed by atoms with van der Waals surface area (Å²) in [6.45, 7) is 0.342. The number of carbonyl (C=O) groups is 1. The van der Waals surface area contributed by atoms with Crippen LogP contribution in [0.15, 0.2) is 55.1 Å². The zero-order chi connectivity index (χ0) is 21.8. The van der Waals surface area contributed by atoms with Crippen LogP contribution in [0.4, 0.5) is 22.0 Å². The number of hydrogen-bond acceptors (Lipinski definition) is 3. The fraction of sp³-hybridized carbons (Fsp3) is 0.136. The third kappa shape index (κ3) is 4.59. The van der Waals surface area contributed by atoms with Gasteiger partial charge >= 0.3 is 12.6 Å². The highest BCUT2D eigenvalue weighted by Gasteiger charge is 2.21. The quantitative estimate of drug-likeness (QED) is 0.197. The zero-order valence-corrected chi connectivity index (χ0v) is 15.4. The number of allylic oxidation sites excluding steroid dienone is 1. The van der Waals surface area contributed by atoms with Crippen LogP contribution >= 0.6 is 0 Å². The zero-order valence-electron chi connectivity index (χ0n) is 15.4. The number of hydrogen-bond donors (Lipinski definition) is 0. The van der Waals surface area contributed by atoms with Crippen molar-refractivity contribution in [3.63, 3.8) is 0 Å². The Labute approximate surface area is 168 Å². The van der Waals surface area contributed by atoms with Gasteiger partial charge in [-0.15, -0.1) is 6.58 Å². The highest BCUT2D eigenvalue weighted by molar-refractivity contribution is 5.93. The molecule has 30 heavy (non-hydrogen) atoms. The lowest BCUT2D eigenvalue weighted by molar-refractivity contribution is -0.0520. The minimum Gasteiger partial charge on any atom is -0.432 e. The van der Waals surface area contributed by atoms with E-state index < -0.39 is 41.3 Å². The molecule has 0 radical (unpaired) electrons. The maximum absolute atomic E-state index is 14.3. The van der Waals surface area contributed by atoms with Crippen LogP contribution in [0, 0.1) is 17.5 Å². The molecule has 0 aliphatic rings. The van der Waals surface area contributed by atoms with Crippen LogP contribution in [0.5, 0.6) is 11.5 Å². The van der Waals surface area contributed by atoms with E-state index in [1.807, 2.05) is 0 Å². The van der Waals surface area contributed by atoms with Gasteiger partial charge in [0.2, 0.25) is 0 Å². The van der Waals surface area contributed by atoms with E-state index >= 15 is 0 Å². The number of carbonyl (C=O) groups excluding carboxylic acids is 1. The first kappa shape index (κ1) is 21.3. The van der Waals surface area contributed by atoms with Crippen molar-refractivity contribution in [2.75, 3.05) is 0 Å². The monoisotopic (exact) mass is 422 g/mol. The first-order valence-corrected chi connectivity index (χ1v) is 8.78. The second-order valence-electron chi connectivity index (χ2n) is 6.29. The van der Waals surface area contributed by atoms with Crippen LogP contribution in [-0.4, -0.2) is 12.6 Å². The van der Waals surface area contributed by atoms with Crippen molar-refractivity contribution in [3.8, 4) is 11.5 Å². The lowest BCUT2D eigenvalue weighted by Crippen LogP contribution is -2.14. The third-order valence-electron chi connectivity index (χ3n) is 4.26. The molecular weight excluding hydrogens is 407 g/mol. The van der Waals surface area contributed by atoms with Gasteiger partial charge in [0.15, 0.2) is 11.6 Å². The van der Waals surface area contributed by atoms with E-state index in [4.69, 9.17) is 4.74 Å². The van der Waals surface area contributed by atoms with Crippen molar-refractivity contribution in [3.05, 3.63) is 83.7 Å². The second kappa shape index (κ2) is 8.94. The minimum absolute atomic E-state index is 0.0584. The Morgan fingerprint density at radius 2 is 1.73 bits per heavy atom. The normalized spacial score (nSPS) is 11.0. The fourth-order valence-electron chi connectivity index (χ4n) is 2.89. The summed E-state index contributed by atoms with van der Waals surface area (Å²) in [5, 5.41) is 0.150. The molecule has 0 atom stereocenters. The number of ether oxygens (including phenoxy) is 2. The maximum Gasteiger partial charge on any atom is 0.387 e. The molecule has 0 spiro atoms. The Morgan fingerprint density at radius 3 is 2.37 bits per heavy atom. The van der Waals surface area contributed by atoms with Crippen LogP contribution in [0.25, 0.3) is 10.8 Å². The summed E-state index contributed by atoms with van der Waals surface area (Å²) in [4.78, 5) is 12.3. The number of rotatable bonds is 7. The molecule has 3 aromatic rings. The van der Waals surface area contributed by atoms with Gasteiger partial charge < -0.3 is 9.47 Å². The summed E-state index contributed by atoms with van der Waals surface area (Å²) in [7, 11) is 0. The largest absolute Gasteiger partial charge is 0.432 e. The van der Waals surface area contributed by atoms with Crippen molar-refractivity contribution < 1.29 is 36.2 Å². The summed E-state index contributed by atoms with van der Waals surface area (Å²) in [5.74, 6) is -5.16. The summed E-state index contributed by atoms with van der Waals surface area (Å²) in [5.41, 5.74) is -0.492. The molecule has 0 aliphatic heterocycles. The average Bonchev–Trinajstić information content (AvgIpc) is 2.67. The number of fused-ring (bicyclic) bond motifs is 1. The van der Waals surface area contributed by atoms with Gasteiger partial charge in [0.05, 0.1) is 0 Å². The summed E-state index contributed by atoms with van der Waals surface area (Å²) in [6, 6.07) is 7.95. The van der Waals surface area contributed by atoms with Crippen LogP contribution in [0.2, 0.25) is 0 Å². The fourth-order valence-corrected chi connectivity index (χ4v) is 2.89. The van der Waals surface area contributed by atoms with Crippen LogP contribution < -0.4 is 9.47 Å². The Balaban J connectivity index is 1.85. The molecule has 0 heterocycles. The molecule has 0 saturated heterocycles. The van der Waals surface area contributed by atoms with Crippen LogP contribution in [0.3, 0.4) is 0 Å². The van der Waals surface area contributed by atoms with Crippen LogP contribution in [-0.2, 0) is 6.42 Å². The summed E-state index contributed by atoms with van der Waals surface area (Å²) >= 11 is 0. The van der Waals surface area contributed by atoms with E-state index in [0.717, 1.165) is 18.2 Å². The van der Waals surface area contributed by atoms with Crippen molar-refractivity contribution in [2.24, 2.45) is 0 Å². The second-order valence-corrected chi connectivity index (χ2v) is 6.29. The minimum atomic E-state index is -3.19. The van der Waals surface area contributed by atoms with Gasteiger partial charge in [-0.05, 0) is 60.2 Å². The smallest absolute Gasteiger partial charge is 0.387 e. The molecular formula is C22H15F5O3. The molecule has 0 fully saturated rings. The summed E-state index contributed by atoms with van der Waals surface area (Å²) < 4.78 is 76.5. The van der Waals surface area contributed by atoms with Gasteiger partial charge in [0.1, 0.15) is 22.9 Å². The molecule has 0 saturated carbocycles. The van der Waals surface area contributed by atoms with E-state index in [0.29, 0.717) is 18.4 Å². The number of alkyl halides is 2. The van der Waals surface area contributed by atoms with Crippen molar-refractivity contribution in [1.29, 1.82) is 0 Å². The number of esters is 1. The molecule has 156 valence electrons. The van der Waals surface area contributed by atoms with E-state index in [1.165, 1.54) is 24.3 Å². The van der Waals surface area contributed by atoms with Gasteiger partial charge in [0, 0.05) is 5.39 Å². The van der Waals surface area contributed by atoms with Crippen molar-refractivity contribution >= 4 is 16.7 Å². The van der Waals surface area contributed by atoms with E-state index in [2.05, 4.69) is 11.3 Å². The molecule has 8 heteroatoms. The highest BCUT2D eigenvalue weighted by Crippen LogP contribution is 2.30. The Morgan fingerprint density at radius 1 is 1.03 bits per heavy atom.